The van der Waals surface area contributed by atoms with Crippen LogP contribution in [0.4, 0.5) is 5.82 Å². The molecule has 0 atom stereocenters. The molecule has 0 unspecified atom stereocenters. The van der Waals surface area contributed by atoms with Crippen LogP contribution in [0.2, 0.25) is 0 Å². The van der Waals surface area contributed by atoms with Gasteiger partial charge < -0.3 is 10.4 Å². The van der Waals surface area contributed by atoms with E-state index in [2.05, 4.69) is 38.4 Å². The molecule has 3 nitrogen and oxygen atoms in total. The fourth-order valence-corrected chi connectivity index (χ4v) is 3.40. The molecule has 4 heteroatoms. The zero-order chi connectivity index (χ0) is 13.9. The first-order valence-electron chi connectivity index (χ1n) is 7.19. The van der Waals surface area contributed by atoms with Crippen molar-refractivity contribution in [1.82, 2.24) is 4.98 Å². The van der Waals surface area contributed by atoms with E-state index in [1.165, 1.54) is 5.39 Å². The highest BCUT2D eigenvalue weighted by molar-refractivity contribution is 9.10. The van der Waals surface area contributed by atoms with Crippen LogP contribution >= 0.6 is 15.9 Å². The molecule has 1 aromatic carbocycles. The van der Waals surface area contributed by atoms with Crippen molar-refractivity contribution in [2.75, 3.05) is 11.9 Å². The van der Waals surface area contributed by atoms with Crippen molar-refractivity contribution >= 4 is 32.5 Å². The highest BCUT2D eigenvalue weighted by atomic mass is 79.9. The molecule has 0 amide bonds. The van der Waals surface area contributed by atoms with Gasteiger partial charge in [-0.1, -0.05) is 28.1 Å². The fourth-order valence-electron chi connectivity index (χ4n) is 2.90. The summed E-state index contributed by atoms with van der Waals surface area (Å²) in [6, 6.07) is 8.21. The maximum atomic E-state index is 9.55. The van der Waals surface area contributed by atoms with E-state index < -0.39 is 0 Å². The van der Waals surface area contributed by atoms with Gasteiger partial charge in [-0.05, 0) is 43.7 Å². The molecule has 1 saturated carbocycles. The van der Waals surface area contributed by atoms with E-state index in [4.69, 9.17) is 0 Å². The third kappa shape index (κ3) is 2.96. The molecular formula is C16H19BrN2O. The van der Waals surface area contributed by atoms with Crippen LogP contribution in [0.25, 0.3) is 10.8 Å². The SMILES string of the molecule is OC1CCC(CNc2nccc3c(Br)cccc23)CC1. The van der Waals surface area contributed by atoms with Crippen LogP contribution in [0.15, 0.2) is 34.9 Å². The van der Waals surface area contributed by atoms with Gasteiger partial charge in [0.05, 0.1) is 6.10 Å². The van der Waals surface area contributed by atoms with Gasteiger partial charge in [-0.25, -0.2) is 4.98 Å². The summed E-state index contributed by atoms with van der Waals surface area (Å²) < 4.78 is 1.10. The Labute approximate surface area is 127 Å². The van der Waals surface area contributed by atoms with Crippen molar-refractivity contribution in [2.24, 2.45) is 5.92 Å². The summed E-state index contributed by atoms with van der Waals surface area (Å²) in [4.78, 5) is 4.47. The lowest BCUT2D eigenvalue weighted by molar-refractivity contribution is 0.111. The Bertz CT molecular complexity index is 594. The van der Waals surface area contributed by atoms with Crippen LogP contribution in [0.3, 0.4) is 0 Å². The standard InChI is InChI=1S/C16H19BrN2O/c17-15-3-1-2-14-13(15)8-9-18-16(14)19-10-11-4-6-12(20)7-5-11/h1-3,8-9,11-12,20H,4-7,10H2,(H,18,19). The minimum atomic E-state index is -0.0853. The molecule has 1 aromatic heterocycles. The van der Waals surface area contributed by atoms with E-state index in [0.717, 1.165) is 47.9 Å². The van der Waals surface area contributed by atoms with Crippen LogP contribution < -0.4 is 5.32 Å². The second-order valence-corrected chi connectivity index (χ2v) is 6.40. The fraction of sp³-hybridized carbons (Fsp3) is 0.438. The maximum Gasteiger partial charge on any atom is 0.133 e. The number of halogens is 1. The van der Waals surface area contributed by atoms with Crippen LogP contribution in [-0.4, -0.2) is 22.7 Å². The van der Waals surface area contributed by atoms with Gasteiger partial charge in [-0.2, -0.15) is 0 Å². The lowest BCUT2D eigenvalue weighted by Crippen LogP contribution is -2.23. The number of nitrogens with zero attached hydrogens (tertiary/aromatic N) is 1. The van der Waals surface area contributed by atoms with E-state index in [0.29, 0.717) is 5.92 Å². The molecule has 1 heterocycles. The number of anilines is 1. The van der Waals surface area contributed by atoms with Crippen molar-refractivity contribution in [1.29, 1.82) is 0 Å². The molecule has 1 aliphatic carbocycles. The minimum Gasteiger partial charge on any atom is -0.393 e. The first-order chi connectivity index (χ1) is 9.74. The molecule has 20 heavy (non-hydrogen) atoms. The molecular weight excluding hydrogens is 316 g/mol. The molecule has 3 rings (SSSR count). The number of hydrogen-bond donors (Lipinski definition) is 2. The zero-order valence-corrected chi connectivity index (χ0v) is 12.9. The highest BCUT2D eigenvalue weighted by Gasteiger charge is 2.19. The van der Waals surface area contributed by atoms with Crippen LogP contribution in [0, 0.1) is 5.92 Å². The van der Waals surface area contributed by atoms with Crippen molar-refractivity contribution in [2.45, 2.75) is 31.8 Å². The Morgan fingerprint density at radius 3 is 2.75 bits per heavy atom. The van der Waals surface area contributed by atoms with E-state index in [9.17, 15) is 5.11 Å². The summed E-state index contributed by atoms with van der Waals surface area (Å²) in [5, 5.41) is 15.4. The van der Waals surface area contributed by atoms with E-state index in [1.54, 1.807) is 0 Å². The molecule has 0 bridgehead atoms. The Balaban J connectivity index is 1.73. The normalized spacial score (nSPS) is 22.9. The average Bonchev–Trinajstić information content (AvgIpc) is 2.47. The Morgan fingerprint density at radius 2 is 1.95 bits per heavy atom. The number of aliphatic hydroxyl groups is 1. The monoisotopic (exact) mass is 334 g/mol. The van der Waals surface area contributed by atoms with E-state index in [-0.39, 0.29) is 6.10 Å². The summed E-state index contributed by atoms with van der Waals surface area (Å²) in [5.41, 5.74) is 0. The molecule has 1 aliphatic rings. The highest BCUT2D eigenvalue weighted by Crippen LogP contribution is 2.29. The summed E-state index contributed by atoms with van der Waals surface area (Å²) in [6.45, 7) is 0.936. The summed E-state index contributed by atoms with van der Waals surface area (Å²) in [5.74, 6) is 1.59. The first-order valence-corrected chi connectivity index (χ1v) is 7.98. The average molecular weight is 335 g/mol. The van der Waals surface area contributed by atoms with Crippen LogP contribution in [0.1, 0.15) is 25.7 Å². The van der Waals surface area contributed by atoms with Crippen LogP contribution in [0.5, 0.6) is 0 Å². The summed E-state index contributed by atoms with van der Waals surface area (Å²) in [6.07, 6.45) is 5.82. The predicted octanol–water partition coefficient (Wildman–Crippen LogP) is 3.96. The number of aromatic nitrogens is 1. The van der Waals surface area contributed by atoms with Gasteiger partial charge in [0.15, 0.2) is 0 Å². The maximum absolute atomic E-state index is 9.55. The number of pyridine rings is 1. The minimum absolute atomic E-state index is 0.0853. The number of nitrogens with one attached hydrogen (secondary N) is 1. The van der Waals surface area contributed by atoms with Gasteiger partial charge in [-0.15, -0.1) is 0 Å². The predicted molar refractivity (Wildman–Crippen MR) is 85.9 cm³/mol. The molecule has 0 radical (unpaired) electrons. The molecule has 0 spiro atoms. The largest absolute Gasteiger partial charge is 0.393 e. The third-order valence-corrected chi connectivity index (χ3v) is 4.82. The smallest absolute Gasteiger partial charge is 0.133 e. The molecule has 2 N–H and O–H groups in total. The van der Waals surface area contributed by atoms with Gasteiger partial charge >= 0.3 is 0 Å². The molecule has 0 saturated heterocycles. The number of hydrogen-bond acceptors (Lipinski definition) is 3. The molecule has 106 valence electrons. The second kappa shape index (κ2) is 6.10. The number of aliphatic hydroxyl groups excluding tert-OH is 1. The van der Waals surface area contributed by atoms with Crippen LogP contribution in [-0.2, 0) is 0 Å². The molecule has 1 fully saturated rings. The van der Waals surface area contributed by atoms with Gasteiger partial charge in [0.1, 0.15) is 5.82 Å². The van der Waals surface area contributed by atoms with Crippen molar-refractivity contribution in [3.63, 3.8) is 0 Å². The van der Waals surface area contributed by atoms with E-state index in [1.807, 2.05) is 18.3 Å². The number of fused-ring (bicyclic) bond motifs is 1. The van der Waals surface area contributed by atoms with Gasteiger partial charge in [0.2, 0.25) is 0 Å². The number of benzene rings is 1. The summed E-state index contributed by atoms with van der Waals surface area (Å²) >= 11 is 3.58. The van der Waals surface area contributed by atoms with Crippen molar-refractivity contribution in [3.8, 4) is 0 Å². The summed E-state index contributed by atoms with van der Waals surface area (Å²) in [7, 11) is 0. The zero-order valence-electron chi connectivity index (χ0n) is 11.3. The second-order valence-electron chi connectivity index (χ2n) is 5.55. The number of rotatable bonds is 3. The van der Waals surface area contributed by atoms with Crippen molar-refractivity contribution in [3.05, 3.63) is 34.9 Å². The van der Waals surface area contributed by atoms with Gasteiger partial charge in [0.25, 0.3) is 0 Å². The van der Waals surface area contributed by atoms with Gasteiger partial charge in [0, 0.05) is 28.0 Å². The first kappa shape index (κ1) is 13.8. The van der Waals surface area contributed by atoms with Gasteiger partial charge in [-0.3, -0.25) is 0 Å². The molecule has 2 aromatic rings. The lowest BCUT2D eigenvalue weighted by Gasteiger charge is -2.25. The quantitative estimate of drug-likeness (QED) is 0.892. The van der Waals surface area contributed by atoms with E-state index >= 15 is 0 Å². The Hall–Kier alpha value is -1.13. The third-order valence-electron chi connectivity index (χ3n) is 4.13. The Morgan fingerprint density at radius 1 is 1.15 bits per heavy atom. The topological polar surface area (TPSA) is 45.1 Å². The van der Waals surface area contributed by atoms with Crippen molar-refractivity contribution < 1.29 is 5.11 Å². The molecule has 0 aliphatic heterocycles. The lowest BCUT2D eigenvalue weighted by atomic mass is 9.87. The Kier molecular flexibility index (Phi) is 4.22.